The fraction of sp³-hybridized carbons (Fsp3) is 0.400. The number of hydrazine groups is 1. The zero-order valence-electron chi connectivity index (χ0n) is 13.0. The molecule has 0 bridgehead atoms. The molecule has 1 aliphatic heterocycles. The van der Waals surface area contributed by atoms with Crippen LogP contribution in [-0.2, 0) is 17.1 Å². The van der Waals surface area contributed by atoms with Crippen LogP contribution in [0.3, 0.4) is 0 Å². The lowest BCUT2D eigenvalue weighted by Crippen LogP contribution is -2.41. The summed E-state index contributed by atoms with van der Waals surface area (Å²) >= 11 is 0. The highest BCUT2D eigenvalue weighted by atomic mass is 19.4. The number of amides is 1. The number of halogens is 9. The molecule has 3 nitrogen and oxygen atoms in total. The Kier molecular flexibility index (Phi) is 5.13. The van der Waals surface area contributed by atoms with Gasteiger partial charge in [0, 0.05) is 6.54 Å². The average Bonchev–Trinajstić information content (AvgIpc) is 2.82. The average molecular weight is 404 g/mol. The van der Waals surface area contributed by atoms with E-state index < -0.39 is 60.3 Å². The number of terminal acetylenes is 1. The minimum Gasteiger partial charge on any atom is -0.272 e. The van der Waals surface area contributed by atoms with Crippen molar-refractivity contribution in [2.75, 3.05) is 18.1 Å². The van der Waals surface area contributed by atoms with Crippen LogP contribution in [0.1, 0.15) is 11.1 Å². The minimum absolute atomic E-state index is 0.0248. The number of anilines is 1. The van der Waals surface area contributed by atoms with Crippen molar-refractivity contribution in [3.8, 4) is 12.3 Å². The smallest absolute Gasteiger partial charge is 0.272 e. The number of hydrogen-bond acceptors (Lipinski definition) is 2. The molecule has 0 spiro atoms. The first-order valence-corrected chi connectivity index (χ1v) is 7.05. The highest BCUT2D eigenvalue weighted by Gasteiger charge is 2.55. The molecule has 1 aromatic carbocycles. The molecule has 27 heavy (non-hydrogen) atoms. The van der Waals surface area contributed by atoms with Crippen LogP contribution in [0.15, 0.2) is 18.2 Å². The van der Waals surface area contributed by atoms with Crippen LogP contribution < -0.4 is 5.01 Å². The second kappa shape index (κ2) is 6.63. The maximum atomic E-state index is 13.2. The molecular weight excluding hydrogens is 395 g/mol. The fourth-order valence-electron chi connectivity index (χ4n) is 2.54. The van der Waals surface area contributed by atoms with Crippen LogP contribution in [0, 0.1) is 18.3 Å². The number of benzene rings is 1. The molecule has 1 amide bonds. The first-order valence-electron chi connectivity index (χ1n) is 7.05. The molecule has 1 fully saturated rings. The van der Waals surface area contributed by atoms with E-state index in [-0.39, 0.29) is 23.2 Å². The Balaban J connectivity index is 2.68. The lowest BCUT2D eigenvalue weighted by atomic mass is 10.1. The van der Waals surface area contributed by atoms with E-state index in [1.54, 1.807) is 0 Å². The van der Waals surface area contributed by atoms with Gasteiger partial charge in [-0.2, -0.15) is 39.5 Å². The number of rotatable bonds is 2. The summed E-state index contributed by atoms with van der Waals surface area (Å²) in [5, 5.41) is 0.376. The molecule has 12 heteroatoms. The van der Waals surface area contributed by atoms with Crippen LogP contribution in [-0.4, -0.2) is 30.2 Å². The van der Waals surface area contributed by atoms with E-state index in [9.17, 15) is 44.3 Å². The van der Waals surface area contributed by atoms with Crippen molar-refractivity contribution in [3.63, 3.8) is 0 Å². The van der Waals surface area contributed by atoms with Crippen LogP contribution in [0.4, 0.5) is 45.2 Å². The first-order chi connectivity index (χ1) is 12.2. The zero-order chi connectivity index (χ0) is 20.8. The van der Waals surface area contributed by atoms with Crippen molar-refractivity contribution in [1.82, 2.24) is 5.01 Å². The molecule has 2 rings (SSSR count). The van der Waals surface area contributed by atoms with Gasteiger partial charge >= 0.3 is 18.5 Å². The highest BCUT2D eigenvalue weighted by Crippen LogP contribution is 2.44. The van der Waals surface area contributed by atoms with Crippen molar-refractivity contribution >= 4 is 11.6 Å². The Morgan fingerprint density at radius 3 is 2.07 bits per heavy atom. The van der Waals surface area contributed by atoms with Crippen molar-refractivity contribution < 1.29 is 44.3 Å². The van der Waals surface area contributed by atoms with Crippen molar-refractivity contribution in [2.45, 2.75) is 18.5 Å². The van der Waals surface area contributed by atoms with Crippen LogP contribution in [0.25, 0.3) is 0 Å². The van der Waals surface area contributed by atoms with Crippen LogP contribution in [0.2, 0.25) is 0 Å². The molecule has 0 N–H and O–H groups in total. The highest BCUT2D eigenvalue weighted by molar-refractivity contribution is 5.97. The van der Waals surface area contributed by atoms with Gasteiger partial charge in [-0.3, -0.25) is 4.79 Å². The molecular formula is C15H9F9N2O. The van der Waals surface area contributed by atoms with Gasteiger partial charge in [0.2, 0.25) is 0 Å². The van der Waals surface area contributed by atoms with E-state index in [2.05, 4.69) is 0 Å². The van der Waals surface area contributed by atoms with Crippen molar-refractivity contribution in [2.24, 2.45) is 5.92 Å². The van der Waals surface area contributed by atoms with Gasteiger partial charge in [-0.05, 0) is 18.2 Å². The van der Waals surface area contributed by atoms with E-state index in [1.165, 1.54) is 0 Å². The van der Waals surface area contributed by atoms with Gasteiger partial charge in [-0.25, -0.2) is 10.0 Å². The number of carbonyl (C=O) groups is 1. The van der Waals surface area contributed by atoms with Crippen LogP contribution in [0.5, 0.6) is 0 Å². The van der Waals surface area contributed by atoms with Gasteiger partial charge in [-0.1, -0.05) is 5.92 Å². The van der Waals surface area contributed by atoms with E-state index in [0.717, 1.165) is 0 Å². The molecule has 1 aromatic rings. The van der Waals surface area contributed by atoms with E-state index >= 15 is 0 Å². The van der Waals surface area contributed by atoms with Gasteiger partial charge in [0.15, 0.2) is 0 Å². The van der Waals surface area contributed by atoms with Gasteiger partial charge in [0.25, 0.3) is 5.91 Å². The lowest BCUT2D eigenvalue weighted by molar-refractivity contribution is -0.175. The molecule has 1 unspecified atom stereocenters. The fourth-order valence-corrected chi connectivity index (χ4v) is 2.54. The standard InChI is InChI=1S/C15H9F9N2O/c1-2-5-25-7-10(15(22,23)24)12(27)26(25)11-6-8(13(16,17)18)3-4-9(11)14(19,20)21/h1,3-4,6,10H,5,7H2. The number of hydrogen-bond donors (Lipinski definition) is 0. The zero-order valence-corrected chi connectivity index (χ0v) is 13.0. The monoisotopic (exact) mass is 404 g/mol. The first kappa shape index (κ1) is 20.9. The largest absolute Gasteiger partial charge is 0.418 e. The molecule has 0 aromatic heterocycles. The van der Waals surface area contributed by atoms with Gasteiger partial charge in [-0.15, -0.1) is 6.42 Å². The maximum absolute atomic E-state index is 13.2. The molecule has 0 saturated carbocycles. The lowest BCUT2D eigenvalue weighted by Gasteiger charge is -2.29. The Hall–Kier alpha value is -2.42. The Morgan fingerprint density at radius 2 is 1.63 bits per heavy atom. The number of carbonyl (C=O) groups excluding carboxylic acids is 1. The predicted octanol–water partition coefficient (Wildman–Crippen LogP) is 4.10. The van der Waals surface area contributed by atoms with Gasteiger partial charge < -0.3 is 0 Å². The summed E-state index contributed by atoms with van der Waals surface area (Å²) in [6, 6.07) is 0.156. The van der Waals surface area contributed by atoms with Gasteiger partial charge in [0.05, 0.1) is 23.4 Å². The summed E-state index contributed by atoms with van der Waals surface area (Å²) in [5.74, 6) is -2.70. The van der Waals surface area contributed by atoms with Crippen molar-refractivity contribution in [3.05, 3.63) is 29.3 Å². The summed E-state index contributed by atoms with van der Waals surface area (Å²) in [6.45, 7) is -1.83. The minimum atomic E-state index is -5.22. The Labute approximate surface area is 146 Å². The van der Waals surface area contributed by atoms with E-state index in [1.807, 2.05) is 5.92 Å². The normalized spacial score (nSPS) is 19.5. The molecule has 1 heterocycles. The number of nitrogens with zero attached hydrogens (tertiary/aromatic N) is 2. The third-order valence-electron chi connectivity index (χ3n) is 3.71. The van der Waals surface area contributed by atoms with Crippen molar-refractivity contribution in [1.29, 1.82) is 0 Å². The van der Waals surface area contributed by atoms with Crippen LogP contribution >= 0.6 is 0 Å². The molecule has 0 radical (unpaired) electrons. The second-order valence-corrected chi connectivity index (χ2v) is 5.52. The Morgan fingerprint density at radius 1 is 1.04 bits per heavy atom. The maximum Gasteiger partial charge on any atom is 0.418 e. The molecule has 1 aliphatic rings. The predicted molar refractivity (Wildman–Crippen MR) is 73.9 cm³/mol. The molecule has 1 saturated heterocycles. The third kappa shape index (κ3) is 4.13. The second-order valence-electron chi connectivity index (χ2n) is 5.52. The summed E-state index contributed by atoms with van der Waals surface area (Å²) in [6.07, 6.45) is -10.5. The van der Waals surface area contributed by atoms with E-state index in [4.69, 9.17) is 6.42 Å². The summed E-state index contributed by atoms with van der Waals surface area (Å²) in [4.78, 5) is 12.1. The van der Waals surface area contributed by atoms with E-state index in [0.29, 0.717) is 5.01 Å². The summed E-state index contributed by atoms with van der Waals surface area (Å²) in [5.41, 5.74) is -4.63. The Bertz CT molecular complexity index is 773. The topological polar surface area (TPSA) is 23.6 Å². The molecule has 1 atom stereocenters. The van der Waals surface area contributed by atoms with Gasteiger partial charge in [0.1, 0.15) is 5.92 Å². The summed E-state index contributed by atoms with van der Waals surface area (Å²) in [7, 11) is 0. The third-order valence-corrected chi connectivity index (χ3v) is 3.71. The number of alkyl halides is 9. The molecule has 0 aliphatic carbocycles. The SMILES string of the molecule is C#CCN1CC(C(F)(F)F)C(=O)N1c1cc(C(F)(F)F)ccc1C(F)(F)F. The molecule has 148 valence electrons. The summed E-state index contributed by atoms with van der Waals surface area (Å²) < 4.78 is 117. The quantitative estimate of drug-likeness (QED) is 0.548.